The highest BCUT2D eigenvalue weighted by molar-refractivity contribution is 5.67. The van der Waals surface area contributed by atoms with Gasteiger partial charge in [0.2, 0.25) is 0 Å². The monoisotopic (exact) mass is 189 g/mol. The minimum atomic E-state index is -0.447. The Balaban J connectivity index is 3.41. The normalized spacial score (nSPS) is 12.2. The number of carbonyl (C=O) groups excluding carboxylic acids is 1. The van der Waals surface area contributed by atoms with Gasteiger partial charge in [-0.15, -0.1) is 0 Å². The smallest absolute Gasteiger partial charge is 0.407 e. The zero-order valence-electron chi connectivity index (χ0n) is 8.38. The first kappa shape index (κ1) is 12.2. The molecule has 4 nitrogen and oxygen atoms in total. The second kappa shape index (κ2) is 7.86. The van der Waals surface area contributed by atoms with E-state index in [2.05, 4.69) is 17.0 Å². The zero-order chi connectivity index (χ0) is 10.1. The van der Waals surface area contributed by atoms with Crippen molar-refractivity contribution in [3.05, 3.63) is 0 Å². The third-order valence-electron chi connectivity index (χ3n) is 1.68. The second-order valence-electron chi connectivity index (χ2n) is 3.05. The van der Waals surface area contributed by atoms with Gasteiger partial charge in [0.05, 0.1) is 6.61 Å². The number of nitrogens with one attached hydrogen (secondary N) is 1. The van der Waals surface area contributed by atoms with Crippen molar-refractivity contribution < 1.29 is 14.6 Å². The van der Waals surface area contributed by atoms with Gasteiger partial charge in [-0.05, 0) is 13.3 Å². The van der Waals surface area contributed by atoms with Crippen molar-refractivity contribution in [2.24, 2.45) is 0 Å². The van der Waals surface area contributed by atoms with Gasteiger partial charge in [0.25, 0.3) is 0 Å². The molecule has 0 fully saturated rings. The molecule has 0 bridgehead atoms. The number of ether oxygens (including phenoxy) is 1. The Morgan fingerprint density at radius 2 is 2.31 bits per heavy atom. The van der Waals surface area contributed by atoms with Crippen LogP contribution in [0.3, 0.4) is 0 Å². The minimum absolute atomic E-state index is 0.0618. The highest BCUT2D eigenvalue weighted by atomic mass is 16.6. The first-order valence-corrected chi connectivity index (χ1v) is 4.74. The molecule has 0 saturated carbocycles. The van der Waals surface area contributed by atoms with Crippen molar-refractivity contribution in [3.63, 3.8) is 0 Å². The maximum absolute atomic E-state index is 10.9. The third kappa shape index (κ3) is 7.59. The van der Waals surface area contributed by atoms with Crippen molar-refractivity contribution in [2.75, 3.05) is 13.2 Å². The number of alkyl carbamates (subject to hydrolysis) is 1. The number of carbonyl (C=O) groups is 1. The Bertz CT molecular complexity index is 139. The van der Waals surface area contributed by atoms with Crippen molar-refractivity contribution in [2.45, 2.75) is 39.2 Å². The number of hydrogen-bond donors (Lipinski definition) is 2. The number of rotatable bonds is 6. The van der Waals surface area contributed by atoms with Gasteiger partial charge in [0.15, 0.2) is 0 Å². The molecule has 1 atom stereocenters. The average molecular weight is 189 g/mol. The number of aliphatic hydroxyl groups is 1. The van der Waals surface area contributed by atoms with Crippen LogP contribution in [0.15, 0.2) is 0 Å². The number of hydrogen-bond acceptors (Lipinski definition) is 3. The number of amides is 1. The van der Waals surface area contributed by atoms with E-state index < -0.39 is 6.09 Å². The Kier molecular flexibility index (Phi) is 7.39. The Morgan fingerprint density at radius 1 is 1.62 bits per heavy atom. The molecule has 0 aromatic carbocycles. The van der Waals surface area contributed by atoms with Gasteiger partial charge in [-0.3, -0.25) is 0 Å². The Labute approximate surface area is 79.3 Å². The van der Waals surface area contributed by atoms with Gasteiger partial charge < -0.3 is 15.2 Å². The summed E-state index contributed by atoms with van der Waals surface area (Å²) in [6.07, 6.45) is 2.74. The summed E-state index contributed by atoms with van der Waals surface area (Å²) in [7, 11) is 0. The quantitative estimate of drug-likeness (QED) is 0.661. The van der Waals surface area contributed by atoms with Crippen LogP contribution in [-0.4, -0.2) is 30.5 Å². The molecule has 2 N–H and O–H groups in total. The molecule has 0 aliphatic rings. The molecule has 0 aliphatic carbocycles. The number of unbranched alkanes of at least 4 members (excludes halogenated alkanes) is 1. The first-order chi connectivity index (χ1) is 6.20. The fraction of sp³-hybridized carbons (Fsp3) is 0.889. The first-order valence-electron chi connectivity index (χ1n) is 4.74. The van der Waals surface area contributed by atoms with Crippen molar-refractivity contribution in [1.29, 1.82) is 0 Å². The molecule has 0 heterocycles. The van der Waals surface area contributed by atoms with E-state index in [1.54, 1.807) is 0 Å². The summed E-state index contributed by atoms with van der Waals surface area (Å²) in [5, 5.41) is 11.1. The van der Waals surface area contributed by atoms with E-state index in [0.29, 0.717) is 0 Å². The molecule has 1 amide bonds. The van der Waals surface area contributed by atoms with Crippen LogP contribution >= 0.6 is 0 Å². The van der Waals surface area contributed by atoms with E-state index in [1.807, 2.05) is 6.92 Å². The van der Waals surface area contributed by atoms with E-state index in [9.17, 15) is 4.79 Å². The Morgan fingerprint density at radius 3 is 2.85 bits per heavy atom. The molecule has 0 spiro atoms. The highest BCUT2D eigenvalue weighted by Gasteiger charge is 2.06. The lowest BCUT2D eigenvalue weighted by Gasteiger charge is -2.12. The van der Waals surface area contributed by atoms with Gasteiger partial charge >= 0.3 is 6.09 Å². The molecular weight excluding hydrogens is 170 g/mol. The fourth-order valence-electron chi connectivity index (χ4n) is 0.964. The molecular formula is C9H19NO3. The molecule has 1 unspecified atom stereocenters. The summed E-state index contributed by atoms with van der Waals surface area (Å²) in [6, 6.07) is 0.145. The van der Waals surface area contributed by atoms with Crippen LogP contribution in [0, 0.1) is 0 Å². The molecule has 0 aromatic heterocycles. The molecule has 0 aromatic rings. The number of aliphatic hydroxyl groups excluding tert-OH is 1. The van der Waals surface area contributed by atoms with E-state index >= 15 is 0 Å². The molecule has 13 heavy (non-hydrogen) atoms. The van der Waals surface area contributed by atoms with E-state index in [4.69, 9.17) is 5.11 Å². The zero-order valence-corrected chi connectivity index (χ0v) is 8.38. The maximum Gasteiger partial charge on any atom is 0.407 e. The molecule has 0 radical (unpaired) electrons. The van der Waals surface area contributed by atoms with E-state index in [1.165, 1.54) is 0 Å². The lowest BCUT2D eigenvalue weighted by atomic mass is 10.1. The van der Waals surface area contributed by atoms with Crippen LogP contribution < -0.4 is 5.32 Å². The Hall–Kier alpha value is -0.770. The summed E-state index contributed by atoms with van der Waals surface area (Å²) in [5.74, 6) is 0. The second-order valence-corrected chi connectivity index (χ2v) is 3.05. The molecule has 0 rings (SSSR count). The third-order valence-corrected chi connectivity index (χ3v) is 1.68. The maximum atomic E-state index is 10.9. The SMILES string of the molecule is CCCCC(C)NC(=O)OCCO. The summed E-state index contributed by atoms with van der Waals surface area (Å²) in [5.41, 5.74) is 0. The fourth-order valence-corrected chi connectivity index (χ4v) is 0.964. The van der Waals surface area contributed by atoms with Crippen LogP contribution in [0.5, 0.6) is 0 Å². The predicted molar refractivity (Wildman–Crippen MR) is 50.6 cm³/mol. The van der Waals surface area contributed by atoms with Crippen LogP contribution in [0.4, 0.5) is 4.79 Å². The van der Waals surface area contributed by atoms with Crippen LogP contribution in [-0.2, 0) is 4.74 Å². The van der Waals surface area contributed by atoms with Gasteiger partial charge in [-0.25, -0.2) is 4.79 Å². The average Bonchev–Trinajstić information content (AvgIpc) is 2.11. The van der Waals surface area contributed by atoms with Crippen molar-refractivity contribution in [3.8, 4) is 0 Å². The van der Waals surface area contributed by atoms with Crippen LogP contribution in [0.2, 0.25) is 0 Å². The van der Waals surface area contributed by atoms with Gasteiger partial charge in [-0.1, -0.05) is 19.8 Å². The summed E-state index contributed by atoms with van der Waals surface area (Å²) < 4.78 is 4.64. The summed E-state index contributed by atoms with van der Waals surface area (Å²) in [6.45, 7) is 3.98. The predicted octanol–water partition coefficient (Wildman–Crippen LogP) is 1.28. The molecule has 4 heteroatoms. The highest BCUT2D eigenvalue weighted by Crippen LogP contribution is 1.99. The topological polar surface area (TPSA) is 58.6 Å². The largest absolute Gasteiger partial charge is 0.447 e. The lowest BCUT2D eigenvalue weighted by Crippen LogP contribution is -2.33. The van der Waals surface area contributed by atoms with Crippen molar-refractivity contribution in [1.82, 2.24) is 5.32 Å². The van der Waals surface area contributed by atoms with Crippen molar-refractivity contribution >= 4 is 6.09 Å². The van der Waals surface area contributed by atoms with Gasteiger partial charge in [0, 0.05) is 6.04 Å². The van der Waals surface area contributed by atoms with Crippen LogP contribution in [0.1, 0.15) is 33.1 Å². The summed E-state index contributed by atoms with van der Waals surface area (Å²) in [4.78, 5) is 10.9. The van der Waals surface area contributed by atoms with Gasteiger partial charge in [0.1, 0.15) is 6.61 Å². The van der Waals surface area contributed by atoms with Crippen LogP contribution in [0.25, 0.3) is 0 Å². The molecule has 0 aliphatic heterocycles. The summed E-state index contributed by atoms with van der Waals surface area (Å²) >= 11 is 0. The lowest BCUT2D eigenvalue weighted by molar-refractivity contribution is 0.116. The van der Waals surface area contributed by atoms with E-state index in [0.717, 1.165) is 19.3 Å². The van der Waals surface area contributed by atoms with E-state index in [-0.39, 0.29) is 19.3 Å². The standard InChI is InChI=1S/C9H19NO3/c1-3-4-5-8(2)10-9(12)13-7-6-11/h8,11H,3-7H2,1-2H3,(H,10,12). The molecule has 0 saturated heterocycles. The minimum Gasteiger partial charge on any atom is -0.447 e. The van der Waals surface area contributed by atoms with Gasteiger partial charge in [-0.2, -0.15) is 0 Å². The molecule has 78 valence electrons.